The Balaban J connectivity index is 0.000000215. The van der Waals surface area contributed by atoms with E-state index in [9.17, 15) is 0 Å². The Bertz CT molecular complexity index is 262. The number of hydrogen-bond acceptors (Lipinski definition) is 2. The molecule has 0 radical (unpaired) electrons. The lowest BCUT2D eigenvalue weighted by atomic mass is 10.3. The molecule has 0 amide bonds. The van der Waals surface area contributed by atoms with E-state index in [1.54, 1.807) is 35.6 Å². The predicted octanol–water partition coefficient (Wildman–Crippen LogP) is 3.25. The standard InChI is InChI=1S/C6H6O.C4H4S.H2S/c7-6-4-2-1-3-5-6;1-2-4-5-3-1;/h1-5,7H;1-4H;1H2. The molecule has 0 aliphatic rings. The van der Waals surface area contributed by atoms with Crippen molar-refractivity contribution in [2.45, 2.75) is 0 Å². The van der Waals surface area contributed by atoms with Crippen molar-refractivity contribution in [3.63, 3.8) is 0 Å². The van der Waals surface area contributed by atoms with E-state index in [4.69, 9.17) is 5.11 Å². The molecule has 0 aliphatic carbocycles. The van der Waals surface area contributed by atoms with E-state index in [0.717, 1.165) is 0 Å². The average Bonchev–Trinajstić information content (AvgIpc) is 2.62. The van der Waals surface area contributed by atoms with Crippen molar-refractivity contribution in [2.24, 2.45) is 0 Å². The maximum absolute atomic E-state index is 8.63. The fraction of sp³-hybridized carbons (Fsp3) is 0. The lowest BCUT2D eigenvalue weighted by Gasteiger charge is -1.82. The summed E-state index contributed by atoms with van der Waals surface area (Å²) in [7, 11) is 0. The molecule has 1 N–H and O–H groups in total. The zero-order valence-corrected chi connectivity index (χ0v) is 8.87. The van der Waals surface area contributed by atoms with Crippen LogP contribution in [-0.2, 0) is 0 Å². The molecule has 0 atom stereocenters. The Morgan fingerprint density at radius 2 is 1.38 bits per heavy atom. The molecule has 1 heterocycles. The second-order valence-electron chi connectivity index (χ2n) is 2.13. The van der Waals surface area contributed by atoms with Gasteiger partial charge in [-0.1, -0.05) is 30.3 Å². The summed E-state index contributed by atoms with van der Waals surface area (Å²) in [6.45, 7) is 0. The van der Waals surface area contributed by atoms with Gasteiger partial charge in [0.05, 0.1) is 0 Å². The molecule has 3 heteroatoms. The van der Waals surface area contributed by atoms with Crippen LogP contribution in [0.3, 0.4) is 0 Å². The van der Waals surface area contributed by atoms with Crippen LogP contribution in [0.4, 0.5) is 0 Å². The van der Waals surface area contributed by atoms with Gasteiger partial charge in [-0.15, -0.1) is 0 Å². The third-order valence-electron chi connectivity index (χ3n) is 1.18. The van der Waals surface area contributed by atoms with Crippen molar-refractivity contribution < 1.29 is 5.11 Å². The molecule has 2 rings (SSSR count). The van der Waals surface area contributed by atoms with Gasteiger partial charge in [0.15, 0.2) is 0 Å². The van der Waals surface area contributed by atoms with Crippen molar-refractivity contribution >= 4 is 24.8 Å². The number of phenols is 1. The van der Waals surface area contributed by atoms with E-state index >= 15 is 0 Å². The molecule has 70 valence electrons. The lowest BCUT2D eigenvalue weighted by Crippen LogP contribution is -1.56. The van der Waals surface area contributed by atoms with Crippen LogP contribution in [0.15, 0.2) is 53.2 Å². The number of phenolic OH excluding ortho intramolecular Hbond substituents is 1. The molecule has 2 aromatic rings. The van der Waals surface area contributed by atoms with Crippen LogP contribution in [0.1, 0.15) is 0 Å². The lowest BCUT2D eigenvalue weighted by molar-refractivity contribution is 0.475. The van der Waals surface area contributed by atoms with Gasteiger partial charge in [0.1, 0.15) is 5.75 Å². The van der Waals surface area contributed by atoms with E-state index in [1.807, 2.05) is 29.0 Å². The molecule has 0 bridgehead atoms. The highest BCUT2D eigenvalue weighted by Crippen LogP contribution is 2.02. The van der Waals surface area contributed by atoms with Gasteiger partial charge in [-0.25, -0.2) is 0 Å². The molecular weight excluding hydrogens is 200 g/mol. The zero-order valence-electron chi connectivity index (χ0n) is 7.05. The minimum Gasteiger partial charge on any atom is -0.508 e. The van der Waals surface area contributed by atoms with Crippen LogP contribution in [0.25, 0.3) is 0 Å². The van der Waals surface area contributed by atoms with E-state index in [2.05, 4.69) is 0 Å². The summed E-state index contributed by atoms with van der Waals surface area (Å²) >= 11 is 1.71. The van der Waals surface area contributed by atoms with Crippen molar-refractivity contribution in [1.82, 2.24) is 0 Å². The minimum absolute atomic E-state index is 0. The fourth-order valence-corrected chi connectivity index (χ4v) is 1.11. The zero-order chi connectivity index (χ0) is 8.65. The summed E-state index contributed by atoms with van der Waals surface area (Å²) in [4.78, 5) is 0. The van der Waals surface area contributed by atoms with Crippen molar-refractivity contribution in [3.05, 3.63) is 53.2 Å². The van der Waals surface area contributed by atoms with E-state index in [0.29, 0.717) is 5.75 Å². The summed E-state index contributed by atoms with van der Waals surface area (Å²) in [6.07, 6.45) is 0. The molecular formula is C10H12OS2. The molecule has 0 saturated heterocycles. The molecule has 1 nitrogen and oxygen atoms in total. The Morgan fingerprint density at radius 3 is 1.62 bits per heavy atom. The summed E-state index contributed by atoms with van der Waals surface area (Å²) in [5.41, 5.74) is 0. The predicted molar refractivity (Wildman–Crippen MR) is 62.8 cm³/mol. The number of thiophene rings is 1. The molecule has 0 saturated carbocycles. The number of aromatic hydroxyl groups is 1. The van der Waals surface area contributed by atoms with Crippen LogP contribution < -0.4 is 0 Å². The first-order valence-corrected chi connectivity index (χ1v) is 4.55. The Hall–Kier alpha value is -0.930. The average molecular weight is 212 g/mol. The third-order valence-corrected chi connectivity index (χ3v) is 1.81. The van der Waals surface area contributed by atoms with Crippen LogP contribution in [0.5, 0.6) is 5.75 Å². The maximum Gasteiger partial charge on any atom is 0.115 e. The second kappa shape index (κ2) is 7.71. The quantitative estimate of drug-likeness (QED) is 0.710. The van der Waals surface area contributed by atoms with Gasteiger partial charge in [-0.05, 0) is 22.9 Å². The minimum atomic E-state index is 0. The van der Waals surface area contributed by atoms with Gasteiger partial charge < -0.3 is 5.11 Å². The molecule has 0 unspecified atom stereocenters. The monoisotopic (exact) mass is 212 g/mol. The SMILES string of the molecule is Oc1ccccc1.S.c1ccsc1. The first-order chi connectivity index (χ1) is 5.89. The summed E-state index contributed by atoms with van der Waals surface area (Å²) in [5, 5.41) is 12.7. The van der Waals surface area contributed by atoms with E-state index in [-0.39, 0.29) is 13.5 Å². The van der Waals surface area contributed by atoms with Crippen molar-refractivity contribution in [1.29, 1.82) is 0 Å². The van der Waals surface area contributed by atoms with E-state index in [1.165, 1.54) is 0 Å². The molecule has 13 heavy (non-hydrogen) atoms. The molecule has 1 aromatic heterocycles. The second-order valence-corrected chi connectivity index (χ2v) is 2.95. The van der Waals surface area contributed by atoms with Crippen molar-refractivity contribution in [2.75, 3.05) is 0 Å². The van der Waals surface area contributed by atoms with Gasteiger partial charge in [0.25, 0.3) is 0 Å². The normalized spacial score (nSPS) is 7.69. The van der Waals surface area contributed by atoms with Gasteiger partial charge in [-0.2, -0.15) is 24.8 Å². The molecule has 0 fully saturated rings. The van der Waals surface area contributed by atoms with Gasteiger partial charge >= 0.3 is 0 Å². The Labute approximate surface area is 89.1 Å². The van der Waals surface area contributed by atoms with Crippen LogP contribution in [-0.4, -0.2) is 5.11 Å². The smallest absolute Gasteiger partial charge is 0.115 e. The Kier molecular flexibility index (Phi) is 7.15. The highest BCUT2D eigenvalue weighted by atomic mass is 32.1. The largest absolute Gasteiger partial charge is 0.508 e. The van der Waals surface area contributed by atoms with Gasteiger partial charge in [0, 0.05) is 0 Å². The molecule has 0 aliphatic heterocycles. The maximum atomic E-state index is 8.63. The van der Waals surface area contributed by atoms with Crippen LogP contribution in [0.2, 0.25) is 0 Å². The highest BCUT2D eigenvalue weighted by Gasteiger charge is 1.74. The van der Waals surface area contributed by atoms with Crippen molar-refractivity contribution in [3.8, 4) is 5.75 Å². The number of para-hydroxylation sites is 1. The van der Waals surface area contributed by atoms with Gasteiger partial charge in [-0.3, -0.25) is 0 Å². The highest BCUT2D eigenvalue weighted by molar-refractivity contribution is 7.59. The van der Waals surface area contributed by atoms with Crippen LogP contribution in [0, 0.1) is 0 Å². The number of hydrogen-bond donors (Lipinski definition) is 1. The first-order valence-electron chi connectivity index (χ1n) is 3.61. The fourth-order valence-electron chi connectivity index (χ4n) is 0.655. The van der Waals surface area contributed by atoms with Crippen LogP contribution >= 0.6 is 24.8 Å². The summed E-state index contributed by atoms with van der Waals surface area (Å²) in [6, 6.07) is 12.7. The third kappa shape index (κ3) is 6.25. The van der Waals surface area contributed by atoms with Gasteiger partial charge in [0.2, 0.25) is 0 Å². The topological polar surface area (TPSA) is 20.2 Å². The number of benzene rings is 1. The Morgan fingerprint density at radius 1 is 0.846 bits per heavy atom. The number of rotatable bonds is 0. The molecule has 0 spiro atoms. The summed E-state index contributed by atoms with van der Waals surface area (Å²) < 4.78 is 0. The van der Waals surface area contributed by atoms with E-state index < -0.39 is 0 Å². The first kappa shape index (κ1) is 12.1. The molecule has 1 aromatic carbocycles. The summed E-state index contributed by atoms with van der Waals surface area (Å²) in [5.74, 6) is 0.322.